The van der Waals surface area contributed by atoms with Crippen LogP contribution in [-0.2, 0) is 14.6 Å². The van der Waals surface area contributed by atoms with Gasteiger partial charge in [-0.05, 0) is 13.3 Å². The number of hydrogen-bond acceptors (Lipinski definition) is 4. The maximum Gasteiger partial charge on any atom is 0.317 e. The molecule has 2 N–H and O–H groups in total. The van der Waals surface area contributed by atoms with Gasteiger partial charge in [0.05, 0.1) is 5.75 Å². The predicted octanol–water partition coefficient (Wildman–Crippen LogP) is -0.0743. The van der Waals surface area contributed by atoms with Crippen LogP contribution in [0.2, 0.25) is 0 Å². The second kappa shape index (κ2) is 7.20. The molecule has 0 fully saturated rings. The summed E-state index contributed by atoms with van der Waals surface area (Å²) in [6, 6.07) is -0.883. The Balaban J connectivity index is 4.04. The molecule has 0 aliphatic heterocycles. The van der Waals surface area contributed by atoms with E-state index in [0.717, 1.165) is 6.26 Å². The van der Waals surface area contributed by atoms with Crippen LogP contribution in [-0.4, -0.2) is 62.1 Å². The van der Waals surface area contributed by atoms with Crippen molar-refractivity contribution in [3.05, 3.63) is 0 Å². The Bertz CT molecular complexity index is 393. The van der Waals surface area contributed by atoms with E-state index in [1.165, 1.54) is 11.9 Å². The Morgan fingerprint density at radius 3 is 2.39 bits per heavy atom. The Kier molecular flexibility index (Phi) is 6.67. The third-order valence-electron chi connectivity index (χ3n) is 2.15. The molecule has 0 aromatic rings. The summed E-state index contributed by atoms with van der Waals surface area (Å²) in [6.07, 6.45) is 1.46. The smallest absolute Gasteiger partial charge is 0.317 e. The quantitative estimate of drug-likeness (QED) is 0.679. The lowest BCUT2D eigenvalue weighted by molar-refractivity contribution is -0.137. The highest BCUT2D eigenvalue weighted by Crippen LogP contribution is 1.96. The van der Waals surface area contributed by atoms with Gasteiger partial charge in [-0.2, -0.15) is 0 Å². The summed E-state index contributed by atoms with van der Waals surface area (Å²) in [5.41, 5.74) is 0. The van der Waals surface area contributed by atoms with Gasteiger partial charge >= 0.3 is 12.0 Å². The van der Waals surface area contributed by atoms with Crippen molar-refractivity contribution in [2.75, 3.05) is 25.6 Å². The van der Waals surface area contributed by atoms with Crippen LogP contribution >= 0.6 is 0 Å². The fourth-order valence-electron chi connectivity index (χ4n) is 1.39. The summed E-state index contributed by atoms with van der Waals surface area (Å²) in [5, 5.41) is 11.0. The molecule has 1 atom stereocenters. The molecule has 0 heterocycles. The number of nitrogens with one attached hydrogen (secondary N) is 1. The number of carboxylic acids is 1. The first kappa shape index (κ1) is 16.7. The van der Waals surface area contributed by atoms with Gasteiger partial charge < -0.3 is 15.3 Å². The van der Waals surface area contributed by atoms with E-state index in [1.54, 1.807) is 6.92 Å². The van der Waals surface area contributed by atoms with Crippen molar-refractivity contribution in [1.82, 2.24) is 10.2 Å². The molecule has 2 amide bonds. The minimum atomic E-state index is -3.13. The minimum Gasteiger partial charge on any atom is -0.481 e. The second-order valence-corrected chi connectivity index (χ2v) is 6.55. The molecule has 106 valence electrons. The molecule has 0 aliphatic carbocycles. The van der Waals surface area contributed by atoms with Gasteiger partial charge in [-0.15, -0.1) is 0 Å². The fraction of sp³-hybridized carbons (Fsp3) is 0.800. The normalized spacial score (nSPS) is 12.8. The zero-order valence-corrected chi connectivity index (χ0v) is 11.7. The van der Waals surface area contributed by atoms with Crippen LogP contribution in [0, 0.1) is 0 Å². The molecule has 0 aromatic heterocycles. The van der Waals surface area contributed by atoms with Gasteiger partial charge in [0.25, 0.3) is 0 Å². The number of rotatable bonds is 7. The summed E-state index contributed by atoms with van der Waals surface area (Å²) in [6.45, 7) is 1.91. The maximum absolute atomic E-state index is 11.6. The van der Waals surface area contributed by atoms with Crippen LogP contribution in [0.15, 0.2) is 0 Å². The van der Waals surface area contributed by atoms with Gasteiger partial charge in [-0.25, -0.2) is 13.2 Å². The molecule has 1 unspecified atom stereocenters. The predicted molar refractivity (Wildman–Crippen MR) is 67.2 cm³/mol. The second-order valence-electron chi connectivity index (χ2n) is 4.36. The van der Waals surface area contributed by atoms with E-state index in [2.05, 4.69) is 5.32 Å². The molecule has 0 bridgehead atoms. The standard InChI is InChI=1S/C10H20N2O5S/c1-8(7-18(3,16)17)11-10(15)12(2)6-4-5-9(13)14/h8H,4-7H2,1-3H3,(H,11,15)(H,13,14). The highest BCUT2D eigenvalue weighted by molar-refractivity contribution is 7.90. The molecule has 7 nitrogen and oxygen atoms in total. The first-order valence-electron chi connectivity index (χ1n) is 5.53. The summed E-state index contributed by atoms with van der Waals surface area (Å²) >= 11 is 0. The SMILES string of the molecule is CC(CS(C)(=O)=O)NC(=O)N(C)CCCC(=O)O. The van der Waals surface area contributed by atoms with E-state index in [-0.39, 0.29) is 12.2 Å². The van der Waals surface area contributed by atoms with Crippen molar-refractivity contribution in [3.8, 4) is 0 Å². The van der Waals surface area contributed by atoms with Crippen molar-refractivity contribution in [2.24, 2.45) is 0 Å². The van der Waals surface area contributed by atoms with Gasteiger partial charge in [0.1, 0.15) is 9.84 Å². The molecule has 8 heteroatoms. The first-order chi connectivity index (χ1) is 8.11. The average molecular weight is 280 g/mol. The van der Waals surface area contributed by atoms with Crippen LogP contribution in [0.4, 0.5) is 4.79 Å². The lowest BCUT2D eigenvalue weighted by Crippen LogP contribution is -2.44. The van der Waals surface area contributed by atoms with Crippen LogP contribution in [0.1, 0.15) is 19.8 Å². The Morgan fingerprint density at radius 2 is 1.94 bits per heavy atom. The summed E-state index contributed by atoms with van der Waals surface area (Å²) < 4.78 is 22.0. The lowest BCUT2D eigenvalue weighted by Gasteiger charge is -2.20. The average Bonchev–Trinajstić information content (AvgIpc) is 2.13. The van der Waals surface area contributed by atoms with Crippen molar-refractivity contribution in [2.45, 2.75) is 25.8 Å². The van der Waals surface area contributed by atoms with Gasteiger partial charge in [-0.1, -0.05) is 0 Å². The number of urea groups is 1. The van der Waals surface area contributed by atoms with Gasteiger partial charge in [0, 0.05) is 32.3 Å². The van der Waals surface area contributed by atoms with Gasteiger partial charge in [-0.3, -0.25) is 4.79 Å². The van der Waals surface area contributed by atoms with E-state index in [9.17, 15) is 18.0 Å². The largest absolute Gasteiger partial charge is 0.481 e. The maximum atomic E-state index is 11.6. The minimum absolute atomic E-state index is 0.00346. The van der Waals surface area contributed by atoms with E-state index in [4.69, 9.17) is 5.11 Å². The zero-order chi connectivity index (χ0) is 14.3. The van der Waals surface area contributed by atoms with Gasteiger partial charge in [0.2, 0.25) is 0 Å². The number of hydrogen-bond donors (Lipinski definition) is 2. The molecule has 0 saturated carbocycles. The van der Waals surface area contributed by atoms with Crippen molar-refractivity contribution in [1.29, 1.82) is 0 Å². The Labute approximate surface area is 107 Å². The number of sulfone groups is 1. The van der Waals surface area contributed by atoms with Crippen molar-refractivity contribution in [3.63, 3.8) is 0 Å². The van der Waals surface area contributed by atoms with Gasteiger partial charge in [0.15, 0.2) is 0 Å². The summed E-state index contributed by atoms with van der Waals surface area (Å²) in [4.78, 5) is 23.2. The van der Waals surface area contributed by atoms with Crippen LogP contribution in [0.3, 0.4) is 0 Å². The number of nitrogens with zero attached hydrogens (tertiary/aromatic N) is 1. The third kappa shape index (κ3) is 8.80. The Morgan fingerprint density at radius 1 is 1.39 bits per heavy atom. The third-order valence-corrected chi connectivity index (χ3v) is 3.26. The molecule has 0 aromatic carbocycles. The number of aliphatic carboxylic acids is 1. The van der Waals surface area contributed by atoms with E-state index in [1.807, 2.05) is 0 Å². The fourth-order valence-corrected chi connectivity index (χ4v) is 2.38. The summed E-state index contributed by atoms with van der Waals surface area (Å²) in [5.74, 6) is -1.03. The van der Waals surface area contributed by atoms with Crippen molar-refractivity contribution >= 4 is 21.8 Å². The lowest BCUT2D eigenvalue weighted by atomic mass is 10.3. The monoisotopic (exact) mass is 280 g/mol. The summed E-state index contributed by atoms with van der Waals surface area (Å²) in [7, 11) is -1.60. The first-order valence-corrected chi connectivity index (χ1v) is 7.59. The van der Waals surface area contributed by atoms with Crippen LogP contribution in [0.5, 0.6) is 0 Å². The van der Waals surface area contributed by atoms with Crippen molar-refractivity contribution < 1.29 is 23.1 Å². The molecule has 0 spiro atoms. The number of carbonyl (C=O) groups excluding carboxylic acids is 1. The van der Waals surface area contributed by atoms with E-state index in [0.29, 0.717) is 13.0 Å². The molecule has 0 aliphatic rings. The molecule has 18 heavy (non-hydrogen) atoms. The number of carbonyl (C=O) groups is 2. The zero-order valence-electron chi connectivity index (χ0n) is 10.8. The van der Waals surface area contributed by atoms with Crippen LogP contribution in [0.25, 0.3) is 0 Å². The topological polar surface area (TPSA) is 104 Å². The number of carboxylic acid groups (broad SMARTS) is 1. The molecular formula is C10H20N2O5S. The highest BCUT2D eigenvalue weighted by Gasteiger charge is 2.15. The number of amides is 2. The van der Waals surface area contributed by atoms with E-state index >= 15 is 0 Å². The molecular weight excluding hydrogens is 260 g/mol. The van der Waals surface area contributed by atoms with Crippen LogP contribution < -0.4 is 5.32 Å². The highest BCUT2D eigenvalue weighted by atomic mass is 32.2. The molecule has 0 radical (unpaired) electrons. The molecule has 0 rings (SSSR count). The Hall–Kier alpha value is -1.31. The van der Waals surface area contributed by atoms with E-state index < -0.39 is 27.9 Å². The molecule has 0 saturated heterocycles.